The maximum Gasteiger partial charge on any atom is 0.416 e. The molecule has 0 spiro atoms. The van der Waals surface area contributed by atoms with Crippen LogP contribution in [0.4, 0.5) is 13.2 Å². The highest BCUT2D eigenvalue weighted by Crippen LogP contribution is 2.30. The minimum absolute atomic E-state index is 0.1000. The van der Waals surface area contributed by atoms with Gasteiger partial charge in [0.15, 0.2) is 0 Å². The molecule has 8 heteroatoms. The lowest BCUT2D eigenvalue weighted by Crippen LogP contribution is -2.35. The molecule has 34 heavy (non-hydrogen) atoms. The third-order valence-electron chi connectivity index (χ3n) is 6.26. The largest absolute Gasteiger partial charge is 0.416 e. The Morgan fingerprint density at radius 1 is 1.06 bits per heavy atom. The molecule has 4 rings (SSSR count). The van der Waals surface area contributed by atoms with Crippen molar-refractivity contribution in [2.75, 3.05) is 19.6 Å². The van der Waals surface area contributed by atoms with E-state index in [1.54, 1.807) is 6.20 Å². The van der Waals surface area contributed by atoms with Gasteiger partial charge in [-0.05, 0) is 79.9 Å². The van der Waals surface area contributed by atoms with E-state index >= 15 is 0 Å². The van der Waals surface area contributed by atoms with Gasteiger partial charge in [-0.1, -0.05) is 6.07 Å². The Bertz CT molecular complexity index is 1060. The zero-order valence-corrected chi connectivity index (χ0v) is 19.0. The Kier molecular flexibility index (Phi) is 7.67. The molecule has 5 nitrogen and oxygen atoms in total. The fourth-order valence-corrected chi connectivity index (χ4v) is 4.33. The molecule has 0 saturated carbocycles. The van der Waals surface area contributed by atoms with E-state index in [4.69, 9.17) is 0 Å². The van der Waals surface area contributed by atoms with Crippen molar-refractivity contribution in [3.8, 4) is 5.69 Å². The van der Waals surface area contributed by atoms with Crippen LogP contribution in [0, 0.1) is 5.92 Å². The zero-order valence-electron chi connectivity index (χ0n) is 19.0. The molecule has 180 valence electrons. The van der Waals surface area contributed by atoms with Crippen LogP contribution in [0.15, 0.2) is 67.1 Å². The fraction of sp³-hybridized carbons (Fsp3) is 0.385. The Hall–Kier alpha value is -3.13. The molecule has 3 aromatic rings. The number of alkyl halides is 3. The lowest BCUT2D eigenvalue weighted by atomic mass is 9.93. The van der Waals surface area contributed by atoms with E-state index in [2.05, 4.69) is 15.2 Å². The first-order valence-electron chi connectivity index (χ1n) is 11.6. The zero-order chi connectivity index (χ0) is 24.0. The number of carbonyl (C=O) groups is 1. The van der Waals surface area contributed by atoms with Gasteiger partial charge in [-0.15, -0.1) is 0 Å². The summed E-state index contributed by atoms with van der Waals surface area (Å²) in [5.41, 5.74) is 2.15. The van der Waals surface area contributed by atoms with Crippen LogP contribution in [0.3, 0.4) is 0 Å². The average Bonchev–Trinajstić information content (AvgIpc) is 3.29. The van der Waals surface area contributed by atoms with Crippen LogP contribution < -0.4 is 5.32 Å². The quantitative estimate of drug-likeness (QED) is 0.512. The SMILES string of the molecule is O=C(CC1CCN(Cc2ccn(-c3ccc(C(F)(F)F)cc3)c2)CC1)NCCc1ccccn1. The van der Waals surface area contributed by atoms with Gasteiger partial charge in [0.05, 0.1) is 5.56 Å². The van der Waals surface area contributed by atoms with Crippen LogP contribution in [0.2, 0.25) is 0 Å². The number of piperidine rings is 1. The molecule has 1 aliphatic rings. The Morgan fingerprint density at radius 3 is 2.50 bits per heavy atom. The van der Waals surface area contributed by atoms with Crippen molar-refractivity contribution in [1.29, 1.82) is 0 Å². The molecule has 1 aliphatic heterocycles. The van der Waals surface area contributed by atoms with Crippen molar-refractivity contribution in [1.82, 2.24) is 19.8 Å². The molecule has 1 fully saturated rings. The highest BCUT2D eigenvalue weighted by Gasteiger charge is 2.30. The number of likely N-dealkylation sites (tertiary alicyclic amines) is 1. The first kappa shape index (κ1) is 24.0. The maximum atomic E-state index is 12.8. The molecule has 0 bridgehead atoms. The highest BCUT2D eigenvalue weighted by molar-refractivity contribution is 5.76. The molecule has 1 amide bonds. The maximum absolute atomic E-state index is 12.8. The van der Waals surface area contributed by atoms with Gasteiger partial charge < -0.3 is 9.88 Å². The normalized spacial score (nSPS) is 15.4. The Morgan fingerprint density at radius 2 is 1.82 bits per heavy atom. The number of pyridine rings is 1. The number of carbonyl (C=O) groups excluding carboxylic acids is 1. The Balaban J connectivity index is 1.19. The second-order valence-corrected chi connectivity index (χ2v) is 8.82. The number of nitrogens with one attached hydrogen (secondary N) is 1. The van der Waals surface area contributed by atoms with Gasteiger partial charge in [0.25, 0.3) is 0 Å². The molecule has 3 heterocycles. The number of rotatable bonds is 8. The molecule has 1 N–H and O–H groups in total. The summed E-state index contributed by atoms with van der Waals surface area (Å²) >= 11 is 0. The summed E-state index contributed by atoms with van der Waals surface area (Å²) in [6.07, 6.45) is 4.52. The summed E-state index contributed by atoms with van der Waals surface area (Å²) < 4.78 is 40.1. The number of nitrogens with zero attached hydrogens (tertiary/aromatic N) is 3. The lowest BCUT2D eigenvalue weighted by Gasteiger charge is -2.31. The van der Waals surface area contributed by atoms with Crippen molar-refractivity contribution in [2.45, 2.75) is 38.4 Å². The summed E-state index contributed by atoms with van der Waals surface area (Å²) in [6.45, 7) is 3.25. The topological polar surface area (TPSA) is 50.2 Å². The molecule has 0 atom stereocenters. The number of aromatic nitrogens is 2. The van der Waals surface area contributed by atoms with Crippen LogP contribution >= 0.6 is 0 Å². The predicted molar refractivity (Wildman–Crippen MR) is 124 cm³/mol. The molecular formula is C26H29F3N4O. The number of halogens is 3. The van der Waals surface area contributed by atoms with Crippen molar-refractivity contribution in [3.05, 3.63) is 83.9 Å². The van der Waals surface area contributed by atoms with Gasteiger partial charge in [-0.3, -0.25) is 14.7 Å². The van der Waals surface area contributed by atoms with Gasteiger partial charge in [-0.2, -0.15) is 13.2 Å². The molecular weight excluding hydrogens is 441 g/mol. The van der Waals surface area contributed by atoms with Crippen LogP contribution in [0.25, 0.3) is 5.69 Å². The average molecular weight is 471 g/mol. The van der Waals surface area contributed by atoms with E-state index in [1.165, 1.54) is 12.1 Å². The Labute approximate surface area is 197 Å². The summed E-state index contributed by atoms with van der Waals surface area (Å²) in [5, 5.41) is 3.00. The van der Waals surface area contributed by atoms with Crippen molar-refractivity contribution in [3.63, 3.8) is 0 Å². The van der Waals surface area contributed by atoms with E-state index < -0.39 is 11.7 Å². The van der Waals surface area contributed by atoms with Crippen molar-refractivity contribution >= 4 is 5.91 Å². The van der Waals surface area contributed by atoms with E-state index in [0.29, 0.717) is 24.6 Å². The van der Waals surface area contributed by atoms with E-state index in [9.17, 15) is 18.0 Å². The standard InChI is InChI=1S/C26H29F3N4O/c27-26(28,29)22-4-6-24(7-5-22)33-16-11-21(19-33)18-32-14-9-20(10-15-32)17-25(34)31-13-8-23-3-1-2-12-30-23/h1-7,11-12,16,19-20H,8-10,13-15,17-18H2,(H,31,34). The van der Waals surface area contributed by atoms with Crippen molar-refractivity contribution in [2.24, 2.45) is 5.92 Å². The first-order chi connectivity index (χ1) is 16.4. The molecule has 0 radical (unpaired) electrons. The lowest BCUT2D eigenvalue weighted by molar-refractivity contribution is -0.137. The fourth-order valence-electron chi connectivity index (χ4n) is 4.33. The van der Waals surface area contributed by atoms with Gasteiger partial charge in [0, 0.05) is 55.9 Å². The minimum atomic E-state index is -4.33. The van der Waals surface area contributed by atoms with Gasteiger partial charge in [0.2, 0.25) is 5.91 Å². The minimum Gasteiger partial charge on any atom is -0.356 e. The van der Waals surface area contributed by atoms with Crippen LogP contribution in [-0.2, 0) is 23.9 Å². The van der Waals surface area contributed by atoms with Gasteiger partial charge in [0.1, 0.15) is 0 Å². The molecule has 1 saturated heterocycles. The summed E-state index contributed by atoms with van der Waals surface area (Å²) in [7, 11) is 0. The third kappa shape index (κ3) is 6.70. The molecule has 1 aromatic carbocycles. The van der Waals surface area contributed by atoms with Gasteiger partial charge >= 0.3 is 6.18 Å². The van der Waals surface area contributed by atoms with Crippen LogP contribution in [0.1, 0.15) is 36.1 Å². The summed E-state index contributed by atoms with van der Waals surface area (Å²) in [5.74, 6) is 0.492. The first-order valence-corrected chi connectivity index (χ1v) is 11.6. The summed E-state index contributed by atoms with van der Waals surface area (Å²) in [6, 6.07) is 13.0. The predicted octanol–water partition coefficient (Wildman–Crippen LogP) is 4.85. The van der Waals surface area contributed by atoms with E-state index in [-0.39, 0.29) is 5.91 Å². The summed E-state index contributed by atoms with van der Waals surface area (Å²) in [4.78, 5) is 18.9. The van der Waals surface area contributed by atoms with Crippen molar-refractivity contribution < 1.29 is 18.0 Å². The monoisotopic (exact) mass is 470 g/mol. The third-order valence-corrected chi connectivity index (χ3v) is 6.26. The highest BCUT2D eigenvalue weighted by atomic mass is 19.4. The van der Waals surface area contributed by atoms with E-state index in [1.807, 2.05) is 41.2 Å². The second-order valence-electron chi connectivity index (χ2n) is 8.82. The number of amides is 1. The number of hydrogen-bond donors (Lipinski definition) is 1. The van der Waals surface area contributed by atoms with E-state index in [0.717, 1.165) is 62.3 Å². The molecule has 0 unspecified atom stereocenters. The second kappa shape index (κ2) is 10.9. The molecule has 2 aromatic heterocycles. The number of benzene rings is 1. The van der Waals surface area contributed by atoms with Gasteiger partial charge in [-0.25, -0.2) is 0 Å². The number of hydrogen-bond acceptors (Lipinski definition) is 3. The van der Waals surface area contributed by atoms with Crippen LogP contribution in [0.5, 0.6) is 0 Å². The molecule has 0 aliphatic carbocycles. The van der Waals surface area contributed by atoms with Crippen LogP contribution in [-0.4, -0.2) is 40.0 Å². The smallest absolute Gasteiger partial charge is 0.356 e.